The number of aliphatic hydroxyl groups is 1. The number of ether oxygens (including phenoxy) is 4. The van der Waals surface area contributed by atoms with Crippen LogP contribution in [0.3, 0.4) is 0 Å². The van der Waals surface area contributed by atoms with E-state index in [1.54, 1.807) is 13.3 Å². The summed E-state index contributed by atoms with van der Waals surface area (Å²) in [4.78, 5) is 6.44. The predicted molar refractivity (Wildman–Crippen MR) is 143 cm³/mol. The Balaban J connectivity index is 1.37. The molecule has 1 unspecified atom stereocenters. The summed E-state index contributed by atoms with van der Waals surface area (Å²) in [6, 6.07) is 10.1. The molecule has 0 bridgehead atoms. The van der Waals surface area contributed by atoms with Crippen molar-refractivity contribution in [1.29, 1.82) is 0 Å². The summed E-state index contributed by atoms with van der Waals surface area (Å²) >= 11 is 0. The van der Waals surface area contributed by atoms with Gasteiger partial charge in [-0.25, -0.2) is 4.98 Å². The first-order valence-corrected chi connectivity index (χ1v) is 12.8. The Kier molecular flexibility index (Phi) is 8.74. The molecule has 8 heteroatoms. The smallest absolute Gasteiger partial charge is 0.161 e. The van der Waals surface area contributed by atoms with Gasteiger partial charge in [-0.05, 0) is 68.1 Å². The van der Waals surface area contributed by atoms with Gasteiger partial charge in [-0.15, -0.1) is 0 Å². The van der Waals surface area contributed by atoms with Gasteiger partial charge in [-0.3, -0.25) is 4.90 Å². The molecule has 1 aromatic heterocycles. The molecule has 0 aliphatic carbocycles. The average Bonchev–Trinajstić information content (AvgIpc) is 3.18. The van der Waals surface area contributed by atoms with Gasteiger partial charge in [0.15, 0.2) is 11.5 Å². The summed E-state index contributed by atoms with van der Waals surface area (Å²) in [7, 11) is 1.65. The van der Waals surface area contributed by atoms with Crippen LogP contribution in [0.1, 0.15) is 28.1 Å². The molecule has 0 radical (unpaired) electrons. The number of β-amino-alcohol motifs (C(OH)–C–C–N with tert-alkyl or cyclic N) is 1. The standard InChI is InChI=1S/C29H39N3O5/c1-21-14-22(2)23(3)27(15-21)37-20-29(33)18-31(10-12-35-19-29)17-25-6-7-26(28(16-25)34-5)36-13-11-32-9-8-30-24(32)4/h6-9,14-16,33H,10-13,17-20H2,1-5H3. The van der Waals surface area contributed by atoms with Crippen molar-refractivity contribution in [1.82, 2.24) is 14.5 Å². The van der Waals surface area contributed by atoms with Crippen molar-refractivity contribution in [2.24, 2.45) is 0 Å². The summed E-state index contributed by atoms with van der Waals surface area (Å²) in [5.41, 5.74) is 3.38. The van der Waals surface area contributed by atoms with Gasteiger partial charge in [0.2, 0.25) is 0 Å². The molecule has 1 aliphatic rings. The van der Waals surface area contributed by atoms with E-state index >= 15 is 0 Å². The fourth-order valence-electron chi connectivity index (χ4n) is 4.66. The second-order valence-electron chi connectivity index (χ2n) is 9.98. The molecule has 4 rings (SSSR count). The number of methoxy groups -OCH3 is 1. The second-order valence-corrected chi connectivity index (χ2v) is 9.98. The number of benzene rings is 2. The summed E-state index contributed by atoms with van der Waals surface area (Å²) in [5.74, 6) is 3.17. The highest BCUT2D eigenvalue weighted by molar-refractivity contribution is 5.43. The zero-order chi connectivity index (χ0) is 26.4. The molecule has 37 heavy (non-hydrogen) atoms. The quantitative estimate of drug-likeness (QED) is 0.445. The van der Waals surface area contributed by atoms with Crippen LogP contribution >= 0.6 is 0 Å². The fourth-order valence-corrected chi connectivity index (χ4v) is 4.66. The minimum absolute atomic E-state index is 0.166. The second kappa shape index (κ2) is 12.0. The highest BCUT2D eigenvalue weighted by Crippen LogP contribution is 2.29. The maximum Gasteiger partial charge on any atom is 0.161 e. The van der Waals surface area contributed by atoms with E-state index in [1.807, 2.05) is 44.3 Å². The number of nitrogens with zero attached hydrogens (tertiary/aromatic N) is 3. The lowest BCUT2D eigenvalue weighted by Crippen LogP contribution is -2.48. The molecule has 1 atom stereocenters. The summed E-state index contributed by atoms with van der Waals surface area (Å²) in [6.07, 6.45) is 3.73. The summed E-state index contributed by atoms with van der Waals surface area (Å²) < 4.78 is 25.5. The summed E-state index contributed by atoms with van der Waals surface area (Å²) in [6.45, 7) is 12.1. The molecule has 1 aliphatic heterocycles. The highest BCUT2D eigenvalue weighted by Gasteiger charge is 2.34. The van der Waals surface area contributed by atoms with Crippen LogP contribution in [0.2, 0.25) is 0 Å². The van der Waals surface area contributed by atoms with Gasteiger partial charge in [0.05, 0.1) is 26.9 Å². The molecule has 0 spiro atoms. The first-order chi connectivity index (χ1) is 17.8. The van der Waals surface area contributed by atoms with E-state index in [9.17, 15) is 5.11 Å². The molecule has 2 aromatic carbocycles. The molecule has 0 saturated carbocycles. The van der Waals surface area contributed by atoms with Crippen molar-refractivity contribution < 1.29 is 24.1 Å². The highest BCUT2D eigenvalue weighted by atomic mass is 16.5. The Bertz CT molecular complexity index is 1190. The Morgan fingerprint density at radius 2 is 1.89 bits per heavy atom. The van der Waals surface area contributed by atoms with Crippen LogP contribution in [0.15, 0.2) is 42.7 Å². The number of rotatable bonds is 10. The van der Waals surface area contributed by atoms with E-state index in [-0.39, 0.29) is 13.2 Å². The van der Waals surface area contributed by atoms with Gasteiger partial charge in [0.1, 0.15) is 30.4 Å². The lowest BCUT2D eigenvalue weighted by Gasteiger charge is -2.31. The molecule has 1 saturated heterocycles. The van der Waals surface area contributed by atoms with Crippen molar-refractivity contribution in [2.45, 2.75) is 46.4 Å². The number of hydrogen-bond acceptors (Lipinski definition) is 7. The minimum Gasteiger partial charge on any atom is -0.493 e. The topological polar surface area (TPSA) is 78.2 Å². The van der Waals surface area contributed by atoms with Gasteiger partial charge in [-0.2, -0.15) is 0 Å². The van der Waals surface area contributed by atoms with Crippen LogP contribution < -0.4 is 14.2 Å². The van der Waals surface area contributed by atoms with Crippen LogP contribution in [0.5, 0.6) is 17.2 Å². The number of aryl methyl sites for hydroxylation is 3. The molecule has 1 N–H and O–H groups in total. The number of aromatic nitrogens is 2. The Morgan fingerprint density at radius 1 is 1.05 bits per heavy atom. The monoisotopic (exact) mass is 509 g/mol. The van der Waals surface area contributed by atoms with Crippen molar-refractivity contribution >= 4 is 0 Å². The van der Waals surface area contributed by atoms with E-state index in [4.69, 9.17) is 18.9 Å². The van der Waals surface area contributed by atoms with E-state index in [0.717, 1.165) is 34.8 Å². The third-order valence-electron chi connectivity index (χ3n) is 6.85. The van der Waals surface area contributed by atoms with Crippen LogP contribution in [0, 0.1) is 27.7 Å². The van der Waals surface area contributed by atoms with Gasteiger partial charge in [-0.1, -0.05) is 12.1 Å². The lowest BCUT2D eigenvalue weighted by atomic mass is 10.0. The van der Waals surface area contributed by atoms with E-state index in [1.165, 1.54) is 5.56 Å². The zero-order valence-corrected chi connectivity index (χ0v) is 22.6. The van der Waals surface area contributed by atoms with Crippen molar-refractivity contribution in [2.75, 3.05) is 46.6 Å². The third kappa shape index (κ3) is 7.03. The predicted octanol–water partition coefficient (Wildman–Crippen LogP) is 3.85. The average molecular weight is 510 g/mol. The molecular formula is C29H39N3O5. The zero-order valence-electron chi connectivity index (χ0n) is 22.6. The fraction of sp³-hybridized carbons (Fsp3) is 0.483. The normalized spacial score (nSPS) is 18.4. The van der Waals surface area contributed by atoms with E-state index in [0.29, 0.717) is 44.3 Å². The largest absolute Gasteiger partial charge is 0.493 e. The maximum absolute atomic E-state index is 11.4. The molecule has 1 fully saturated rings. The molecule has 2 heterocycles. The van der Waals surface area contributed by atoms with E-state index in [2.05, 4.69) is 34.4 Å². The molecular weight excluding hydrogens is 470 g/mol. The van der Waals surface area contributed by atoms with Crippen LogP contribution in [0.4, 0.5) is 0 Å². The number of imidazole rings is 1. The molecule has 0 amide bonds. The minimum atomic E-state index is -1.11. The van der Waals surface area contributed by atoms with Gasteiger partial charge < -0.3 is 28.6 Å². The van der Waals surface area contributed by atoms with Crippen molar-refractivity contribution in [3.05, 3.63) is 70.8 Å². The van der Waals surface area contributed by atoms with Crippen LogP contribution in [0.25, 0.3) is 0 Å². The lowest BCUT2D eigenvalue weighted by molar-refractivity contribution is -0.0648. The third-order valence-corrected chi connectivity index (χ3v) is 6.85. The van der Waals surface area contributed by atoms with Crippen molar-refractivity contribution in [3.63, 3.8) is 0 Å². The van der Waals surface area contributed by atoms with Gasteiger partial charge in [0.25, 0.3) is 0 Å². The Hall–Kier alpha value is -3.07. The first-order valence-electron chi connectivity index (χ1n) is 12.8. The van der Waals surface area contributed by atoms with Gasteiger partial charge in [0, 0.05) is 32.0 Å². The Labute approximate surface area is 219 Å². The molecule has 200 valence electrons. The molecule has 3 aromatic rings. The first kappa shape index (κ1) is 27.0. The SMILES string of the molecule is COc1cc(CN2CCOCC(O)(COc3cc(C)cc(C)c3C)C2)ccc1OCCn1ccnc1C. The molecule has 8 nitrogen and oxygen atoms in total. The maximum atomic E-state index is 11.4. The number of hydrogen-bond donors (Lipinski definition) is 1. The summed E-state index contributed by atoms with van der Waals surface area (Å²) in [5, 5.41) is 11.4. The van der Waals surface area contributed by atoms with Crippen LogP contribution in [-0.4, -0.2) is 71.8 Å². The Morgan fingerprint density at radius 3 is 2.65 bits per heavy atom. The van der Waals surface area contributed by atoms with Crippen LogP contribution in [-0.2, 0) is 17.8 Å². The van der Waals surface area contributed by atoms with Crippen molar-refractivity contribution in [3.8, 4) is 17.2 Å². The van der Waals surface area contributed by atoms with E-state index < -0.39 is 5.60 Å². The van der Waals surface area contributed by atoms with Gasteiger partial charge >= 0.3 is 0 Å².